The Labute approximate surface area is 167 Å². The van der Waals surface area contributed by atoms with Gasteiger partial charge in [0.25, 0.3) is 0 Å². The average Bonchev–Trinajstić information content (AvgIpc) is 2.55. The van der Waals surface area contributed by atoms with Crippen LogP contribution in [-0.4, -0.2) is 47.6 Å². The van der Waals surface area contributed by atoms with E-state index in [2.05, 4.69) is 10.6 Å². The highest BCUT2D eigenvalue weighted by atomic mass is 16.6. The molecule has 162 valence electrons. The minimum absolute atomic E-state index is 0.0350. The van der Waals surface area contributed by atoms with Crippen LogP contribution < -0.4 is 16.4 Å². The average molecular weight is 401 g/mol. The molecule has 9 heteroatoms. The maximum Gasteiger partial charge on any atom is 0.407 e. The van der Waals surface area contributed by atoms with E-state index >= 15 is 0 Å². The summed E-state index contributed by atoms with van der Waals surface area (Å²) in [7, 11) is 0. The Morgan fingerprint density at radius 1 is 1.00 bits per heavy atom. The molecule has 28 heavy (non-hydrogen) atoms. The molecule has 0 radical (unpaired) electrons. The van der Waals surface area contributed by atoms with E-state index in [9.17, 15) is 14.4 Å². The van der Waals surface area contributed by atoms with E-state index in [1.165, 1.54) is 0 Å². The summed E-state index contributed by atoms with van der Waals surface area (Å²) in [6.07, 6.45) is 4.14. The number of hydrogen-bond donors (Lipinski definition) is 5. The summed E-state index contributed by atoms with van der Waals surface area (Å²) in [5.41, 5.74) is 4.68. The lowest BCUT2D eigenvalue weighted by molar-refractivity contribution is -0.137. The van der Waals surface area contributed by atoms with Gasteiger partial charge in [0.1, 0.15) is 5.60 Å². The first-order valence-electron chi connectivity index (χ1n) is 9.78. The van der Waals surface area contributed by atoms with E-state index in [0.29, 0.717) is 25.8 Å². The van der Waals surface area contributed by atoms with Gasteiger partial charge in [0.05, 0.1) is 5.84 Å². The molecule has 0 aliphatic rings. The molecule has 1 atom stereocenters. The highest BCUT2D eigenvalue weighted by molar-refractivity contribution is 5.76. The van der Waals surface area contributed by atoms with Gasteiger partial charge < -0.3 is 26.2 Å². The van der Waals surface area contributed by atoms with Crippen molar-refractivity contribution in [3.63, 3.8) is 0 Å². The lowest BCUT2D eigenvalue weighted by atomic mass is 10.0. The minimum atomic E-state index is -0.917. The van der Waals surface area contributed by atoms with Crippen LogP contribution >= 0.6 is 0 Å². The number of unbranched alkanes of at least 4 members (excludes halogenated alkanes) is 3. The molecule has 0 heterocycles. The second-order valence-electron chi connectivity index (χ2n) is 7.92. The van der Waals surface area contributed by atoms with E-state index in [0.717, 1.165) is 25.7 Å². The van der Waals surface area contributed by atoms with Crippen molar-refractivity contribution in [2.24, 2.45) is 11.7 Å². The number of carbonyl (C=O) groups excluding carboxylic acids is 2. The summed E-state index contributed by atoms with van der Waals surface area (Å²) in [5.74, 6) is -1.02. The second-order valence-corrected chi connectivity index (χ2v) is 7.92. The van der Waals surface area contributed by atoms with Gasteiger partial charge in [-0.15, -0.1) is 0 Å². The van der Waals surface area contributed by atoms with Crippen molar-refractivity contribution in [1.82, 2.24) is 10.6 Å². The van der Waals surface area contributed by atoms with Crippen molar-refractivity contribution in [3.8, 4) is 0 Å². The zero-order valence-corrected chi connectivity index (χ0v) is 17.3. The standard InChI is InChI=1S/C19H36N4O5/c1-19(2,3)28-18(27)23-13-14(10-11-17(25)26)12-22-16(24)9-7-5-4-6-8-15(20)21/h14H,4-13H2,1-3H3,(H3,20,21)(H,22,24)(H,23,27)(H,25,26). The van der Waals surface area contributed by atoms with Gasteiger partial charge in [-0.25, -0.2) is 4.79 Å². The van der Waals surface area contributed by atoms with Crippen LogP contribution in [0, 0.1) is 11.3 Å². The fourth-order valence-corrected chi connectivity index (χ4v) is 2.45. The summed E-state index contributed by atoms with van der Waals surface area (Å²) in [6, 6.07) is 0. The topological polar surface area (TPSA) is 155 Å². The van der Waals surface area contributed by atoms with Crippen LogP contribution in [0.5, 0.6) is 0 Å². The SMILES string of the molecule is CC(C)(C)OC(=O)NCC(CCC(=O)O)CNC(=O)CCCCCCC(=N)N. The molecule has 0 aromatic carbocycles. The van der Waals surface area contributed by atoms with Crippen molar-refractivity contribution in [3.05, 3.63) is 0 Å². The summed E-state index contributed by atoms with van der Waals surface area (Å²) in [4.78, 5) is 34.5. The minimum Gasteiger partial charge on any atom is -0.481 e. The molecule has 0 bridgehead atoms. The zero-order valence-electron chi connectivity index (χ0n) is 17.3. The van der Waals surface area contributed by atoms with E-state index in [1.54, 1.807) is 20.8 Å². The van der Waals surface area contributed by atoms with Crippen molar-refractivity contribution in [1.29, 1.82) is 5.41 Å². The molecule has 0 aliphatic heterocycles. The Morgan fingerprint density at radius 2 is 1.57 bits per heavy atom. The normalized spacial score (nSPS) is 12.1. The molecular formula is C19H36N4O5. The summed E-state index contributed by atoms with van der Waals surface area (Å²) >= 11 is 0. The molecule has 6 N–H and O–H groups in total. The fraction of sp³-hybridized carbons (Fsp3) is 0.789. The first-order chi connectivity index (χ1) is 13.0. The molecule has 0 aromatic rings. The van der Waals surface area contributed by atoms with Gasteiger partial charge in [-0.2, -0.15) is 0 Å². The van der Waals surface area contributed by atoms with E-state index in [4.69, 9.17) is 21.0 Å². The van der Waals surface area contributed by atoms with Crippen LogP contribution in [0.15, 0.2) is 0 Å². The Kier molecular flexibility index (Phi) is 12.6. The molecule has 2 amide bonds. The summed E-state index contributed by atoms with van der Waals surface area (Å²) in [6.45, 7) is 5.80. The monoisotopic (exact) mass is 400 g/mol. The lowest BCUT2D eigenvalue weighted by Crippen LogP contribution is -2.39. The maximum atomic E-state index is 12.0. The third-order valence-corrected chi connectivity index (χ3v) is 3.89. The number of alkyl carbamates (subject to hydrolysis) is 1. The van der Waals surface area contributed by atoms with Crippen LogP contribution in [0.4, 0.5) is 4.79 Å². The number of amidine groups is 1. The third-order valence-electron chi connectivity index (χ3n) is 3.89. The van der Waals surface area contributed by atoms with E-state index in [1.807, 2.05) is 0 Å². The first kappa shape index (κ1) is 25.7. The number of carbonyl (C=O) groups is 3. The van der Waals surface area contributed by atoms with Crippen molar-refractivity contribution in [2.45, 2.75) is 77.7 Å². The molecule has 1 unspecified atom stereocenters. The predicted molar refractivity (Wildman–Crippen MR) is 107 cm³/mol. The molecule has 0 saturated heterocycles. The molecule has 0 rings (SSSR count). The van der Waals surface area contributed by atoms with Gasteiger partial charge in [-0.05, 0) is 46.0 Å². The predicted octanol–water partition coefficient (Wildman–Crippen LogP) is 2.38. The van der Waals surface area contributed by atoms with Crippen molar-refractivity contribution < 1.29 is 24.2 Å². The zero-order chi connectivity index (χ0) is 21.6. The van der Waals surface area contributed by atoms with Crippen LogP contribution in [0.25, 0.3) is 0 Å². The number of carboxylic acid groups (broad SMARTS) is 1. The van der Waals surface area contributed by atoms with Crippen molar-refractivity contribution in [2.75, 3.05) is 13.1 Å². The van der Waals surface area contributed by atoms with Crippen LogP contribution in [0.1, 0.15) is 72.1 Å². The van der Waals surface area contributed by atoms with Gasteiger partial charge in [0.2, 0.25) is 5.91 Å². The van der Waals surface area contributed by atoms with Gasteiger partial charge >= 0.3 is 12.1 Å². The van der Waals surface area contributed by atoms with Gasteiger partial charge in [0, 0.05) is 32.4 Å². The molecule has 0 fully saturated rings. The van der Waals surface area contributed by atoms with Crippen LogP contribution in [0.2, 0.25) is 0 Å². The molecular weight excluding hydrogens is 364 g/mol. The van der Waals surface area contributed by atoms with E-state index < -0.39 is 17.7 Å². The second kappa shape index (κ2) is 13.8. The largest absolute Gasteiger partial charge is 0.481 e. The highest BCUT2D eigenvalue weighted by Gasteiger charge is 2.18. The summed E-state index contributed by atoms with van der Waals surface area (Å²) < 4.78 is 5.16. The number of nitrogens with two attached hydrogens (primary N) is 1. The molecule has 0 aliphatic carbocycles. The fourth-order valence-electron chi connectivity index (χ4n) is 2.45. The van der Waals surface area contributed by atoms with Gasteiger partial charge in [-0.1, -0.05) is 12.8 Å². The number of aliphatic carboxylic acids is 1. The first-order valence-corrected chi connectivity index (χ1v) is 9.78. The third kappa shape index (κ3) is 17.1. The number of amides is 2. The smallest absolute Gasteiger partial charge is 0.407 e. The number of ether oxygens (including phenoxy) is 1. The van der Waals surface area contributed by atoms with E-state index in [-0.39, 0.29) is 30.6 Å². The van der Waals surface area contributed by atoms with Crippen LogP contribution in [0.3, 0.4) is 0 Å². The Bertz CT molecular complexity index is 517. The number of nitrogens with one attached hydrogen (secondary N) is 3. The molecule has 9 nitrogen and oxygen atoms in total. The number of carboxylic acids is 1. The Balaban J connectivity index is 4.18. The van der Waals surface area contributed by atoms with Crippen molar-refractivity contribution >= 4 is 23.8 Å². The molecule has 0 aromatic heterocycles. The van der Waals surface area contributed by atoms with Crippen LogP contribution in [-0.2, 0) is 14.3 Å². The summed E-state index contributed by atoms with van der Waals surface area (Å²) in [5, 5.41) is 21.5. The lowest BCUT2D eigenvalue weighted by Gasteiger charge is -2.22. The highest BCUT2D eigenvalue weighted by Crippen LogP contribution is 2.09. The number of rotatable bonds is 14. The maximum absolute atomic E-state index is 12.0. The van der Waals surface area contributed by atoms with Gasteiger partial charge in [0.15, 0.2) is 0 Å². The molecule has 0 spiro atoms. The quantitative estimate of drug-likeness (QED) is 0.171. The Hall–Kier alpha value is -2.32. The number of hydrogen-bond acceptors (Lipinski definition) is 5. The molecule has 0 saturated carbocycles. The van der Waals surface area contributed by atoms with Gasteiger partial charge in [-0.3, -0.25) is 15.0 Å². The Morgan fingerprint density at radius 3 is 2.11 bits per heavy atom.